The minimum absolute atomic E-state index is 0.172. The van der Waals surface area contributed by atoms with Gasteiger partial charge in [-0.05, 0) is 6.07 Å². The van der Waals surface area contributed by atoms with Gasteiger partial charge in [-0.1, -0.05) is 46.9 Å². The number of carbonyl (C=O) groups excluding carboxylic acids is 1. The molecule has 0 radical (unpaired) electrons. The van der Waals surface area contributed by atoms with Gasteiger partial charge in [-0.2, -0.15) is 0 Å². The molecule has 0 saturated carbocycles. The molecule has 1 fully saturated rings. The second-order valence-corrected chi connectivity index (χ2v) is 9.75. The second kappa shape index (κ2) is 7.45. The number of alkyl halides is 3. The number of nitro groups is 1. The number of hydrogen-bond donors (Lipinski definition) is 1. The smallest absolute Gasteiger partial charge is 0.278 e. The molecule has 0 spiro atoms. The molecule has 2 unspecified atom stereocenters. The van der Waals surface area contributed by atoms with Crippen LogP contribution in [-0.2, 0) is 14.6 Å². The van der Waals surface area contributed by atoms with Gasteiger partial charge in [0.15, 0.2) is 9.84 Å². The molecule has 2 rings (SSSR count). The third-order valence-electron chi connectivity index (χ3n) is 3.44. The van der Waals surface area contributed by atoms with Gasteiger partial charge in [0.05, 0.1) is 34.1 Å². The van der Waals surface area contributed by atoms with Crippen molar-refractivity contribution in [2.45, 2.75) is 15.9 Å². The van der Waals surface area contributed by atoms with Crippen LogP contribution in [0.15, 0.2) is 29.3 Å². The monoisotopic (exact) mass is 427 g/mol. The number of amides is 1. The Morgan fingerprint density at radius 1 is 1.32 bits per heavy atom. The van der Waals surface area contributed by atoms with Gasteiger partial charge in [0.1, 0.15) is 0 Å². The summed E-state index contributed by atoms with van der Waals surface area (Å²) in [5.74, 6) is -1.65. The van der Waals surface area contributed by atoms with Crippen molar-refractivity contribution in [2.75, 3.05) is 11.5 Å². The molecule has 8 nitrogen and oxygen atoms in total. The minimum Gasteiger partial charge on any atom is -0.346 e. The number of sulfone groups is 1. The van der Waals surface area contributed by atoms with Crippen molar-refractivity contribution < 1.29 is 18.1 Å². The van der Waals surface area contributed by atoms with Gasteiger partial charge >= 0.3 is 0 Å². The van der Waals surface area contributed by atoms with Gasteiger partial charge in [-0.15, -0.1) is 0 Å². The molecule has 0 aromatic heterocycles. The summed E-state index contributed by atoms with van der Waals surface area (Å²) in [6.07, 6.45) is 1.21. The first-order valence-corrected chi connectivity index (χ1v) is 9.80. The van der Waals surface area contributed by atoms with Crippen LogP contribution in [0.5, 0.6) is 0 Å². The minimum atomic E-state index is -3.46. The Hall–Kier alpha value is -1.42. The fraction of sp³-hybridized carbons (Fsp3) is 0.385. The van der Waals surface area contributed by atoms with E-state index < -0.39 is 36.5 Å². The van der Waals surface area contributed by atoms with Crippen molar-refractivity contribution in [3.63, 3.8) is 0 Å². The quantitative estimate of drug-likeness (QED) is 0.338. The van der Waals surface area contributed by atoms with Crippen LogP contribution in [0, 0.1) is 10.1 Å². The Kier molecular flexibility index (Phi) is 5.93. The van der Waals surface area contributed by atoms with Crippen LogP contribution >= 0.6 is 34.8 Å². The number of hydrogen-bond acceptors (Lipinski definition) is 6. The van der Waals surface area contributed by atoms with Crippen LogP contribution in [0.25, 0.3) is 0 Å². The van der Waals surface area contributed by atoms with Gasteiger partial charge in [0.25, 0.3) is 15.4 Å². The lowest BCUT2D eigenvalue weighted by Gasteiger charge is -2.19. The van der Waals surface area contributed by atoms with E-state index in [2.05, 4.69) is 10.3 Å². The number of halogens is 3. The first kappa shape index (κ1) is 19.9. The van der Waals surface area contributed by atoms with Gasteiger partial charge in [-0.3, -0.25) is 19.9 Å². The highest BCUT2D eigenvalue weighted by Crippen LogP contribution is 2.27. The number of benzene rings is 1. The van der Waals surface area contributed by atoms with E-state index in [0.29, 0.717) is 0 Å². The van der Waals surface area contributed by atoms with E-state index in [1.54, 1.807) is 6.07 Å². The maximum atomic E-state index is 11.8. The van der Waals surface area contributed by atoms with Gasteiger partial charge in [0, 0.05) is 12.3 Å². The maximum Gasteiger partial charge on any atom is 0.278 e. The van der Waals surface area contributed by atoms with Gasteiger partial charge < -0.3 is 5.32 Å². The van der Waals surface area contributed by atoms with Crippen molar-refractivity contribution in [1.82, 2.24) is 5.32 Å². The highest BCUT2D eigenvalue weighted by atomic mass is 35.6. The predicted octanol–water partition coefficient (Wildman–Crippen LogP) is 1.67. The molecule has 1 aliphatic heterocycles. The van der Waals surface area contributed by atoms with E-state index in [1.165, 1.54) is 24.4 Å². The molecule has 12 heteroatoms. The second-order valence-electron chi connectivity index (χ2n) is 5.32. The summed E-state index contributed by atoms with van der Waals surface area (Å²) in [6, 6.07) is 4.11. The van der Waals surface area contributed by atoms with Crippen molar-refractivity contribution >= 4 is 62.4 Å². The van der Waals surface area contributed by atoms with Crippen LogP contribution in [0.1, 0.15) is 5.56 Å². The zero-order valence-corrected chi connectivity index (χ0v) is 15.5. The highest BCUT2D eigenvalue weighted by molar-refractivity contribution is 7.91. The third kappa shape index (κ3) is 5.27. The average molecular weight is 429 g/mol. The molecule has 1 saturated heterocycles. The number of carbonyl (C=O) groups is 1. The molecule has 1 N–H and O–H groups in total. The van der Waals surface area contributed by atoms with E-state index in [0.717, 1.165) is 0 Å². The summed E-state index contributed by atoms with van der Waals surface area (Å²) in [7, 11) is -3.46. The maximum absolute atomic E-state index is 11.8. The Balaban J connectivity index is 2.24. The Morgan fingerprint density at radius 3 is 2.56 bits per heavy atom. The normalized spacial score (nSPS) is 22.8. The summed E-state index contributed by atoms with van der Waals surface area (Å²) < 4.78 is 21.4. The van der Waals surface area contributed by atoms with Gasteiger partial charge in [-0.25, -0.2) is 8.42 Å². The van der Waals surface area contributed by atoms with Crippen LogP contribution < -0.4 is 5.32 Å². The predicted molar refractivity (Wildman–Crippen MR) is 95.4 cm³/mol. The fourth-order valence-electron chi connectivity index (χ4n) is 2.30. The van der Waals surface area contributed by atoms with E-state index in [-0.39, 0.29) is 22.8 Å². The summed E-state index contributed by atoms with van der Waals surface area (Å²) in [6.45, 7) is 0. The molecule has 1 heterocycles. The number of aliphatic imine (C=N–C) groups is 1. The highest BCUT2D eigenvalue weighted by Gasteiger charge is 2.41. The number of nitrogens with one attached hydrogen (secondary N) is 1. The summed E-state index contributed by atoms with van der Waals surface area (Å²) in [5.41, 5.74) is 0.0391. The molecule has 25 heavy (non-hydrogen) atoms. The lowest BCUT2D eigenvalue weighted by Crippen LogP contribution is -2.46. The summed E-state index contributed by atoms with van der Waals surface area (Å²) in [5, 5.41) is 13.3. The molecule has 0 bridgehead atoms. The molecular weight excluding hydrogens is 417 g/mol. The number of rotatable bonds is 4. The first-order valence-electron chi connectivity index (χ1n) is 6.84. The number of nitro benzene ring substituents is 1. The average Bonchev–Trinajstić information content (AvgIpc) is 2.78. The lowest BCUT2D eigenvalue weighted by molar-refractivity contribution is -0.385. The zero-order valence-electron chi connectivity index (χ0n) is 12.4. The van der Waals surface area contributed by atoms with E-state index in [9.17, 15) is 23.3 Å². The molecule has 1 aromatic rings. The number of para-hydroxylation sites is 1. The first-order chi connectivity index (χ1) is 11.5. The van der Waals surface area contributed by atoms with Crippen LogP contribution in [-0.4, -0.2) is 52.8 Å². The van der Waals surface area contributed by atoms with Crippen LogP contribution in [0.3, 0.4) is 0 Å². The van der Waals surface area contributed by atoms with Crippen LogP contribution in [0.2, 0.25) is 0 Å². The lowest BCUT2D eigenvalue weighted by atomic mass is 10.1. The van der Waals surface area contributed by atoms with Crippen molar-refractivity contribution in [3.8, 4) is 0 Å². The number of nitrogens with zero attached hydrogens (tertiary/aromatic N) is 2. The Labute approximate surface area is 158 Å². The molecular formula is C13H12Cl3N3O5S. The Morgan fingerprint density at radius 2 is 1.96 bits per heavy atom. The van der Waals surface area contributed by atoms with Crippen LogP contribution in [0.4, 0.5) is 5.69 Å². The summed E-state index contributed by atoms with van der Waals surface area (Å²) in [4.78, 5) is 26.3. The standard InChI is InChI=1S/C13H12Cl3N3O5S/c14-13(15,16)12(20)18-10-7-25(23,24)6-9(10)17-5-8-3-1-2-4-11(8)19(21)22/h1-5,9-10H,6-7H2,(H,18,20). The van der Waals surface area contributed by atoms with E-state index >= 15 is 0 Å². The Bertz CT molecular complexity index is 822. The van der Waals surface area contributed by atoms with Crippen molar-refractivity contribution in [2.24, 2.45) is 4.99 Å². The molecule has 2 atom stereocenters. The molecule has 1 amide bonds. The van der Waals surface area contributed by atoms with Gasteiger partial charge in [0.2, 0.25) is 0 Å². The fourth-order valence-corrected chi connectivity index (χ4v) is 4.29. The third-order valence-corrected chi connectivity index (χ3v) is 5.67. The molecule has 0 aliphatic carbocycles. The SMILES string of the molecule is O=C(NC1CS(=O)(=O)CC1N=Cc1ccccc1[N+](=O)[O-])C(Cl)(Cl)Cl. The van der Waals surface area contributed by atoms with Crippen molar-refractivity contribution in [1.29, 1.82) is 0 Å². The van der Waals surface area contributed by atoms with Crippen molar-refractivity contribution in [3.05, 3.63) is 39.9 Å². The topological polar surface area (TPSA) is 119 Å². The largest absolute Gasteiger partial charge is 0.346 e. The summed E-state index contributed by atoms with van der Waals surface area (Å²) >= 11 is 16.4. The molecule has 1 aliphatic rings. The van der Waals surface area contributed by atoms with E-state index in [4.69, 9.17) is 34.8 Å². The zero-order chi connectivity index (χ0) is 18.8. The van der Waals surface area contributed by atoms with E-state index in [1.807, 2.05) is 0 Å². The molecule has 1 aromatic carbocycles. The molecule has 136 valence electrons.